The standard InChI is InChI=1S/C21H27N3O2/c1-3-18-6-4-5-13-24(18)20-12-9-17(14-22-20)23-21(25)15-26-19-10-7-16(2)8-11-19/h7-12,14,18H,3-6,13,15H2,1-2H3,(H,23,25). The smallest absolute Gasteiger partial charge is 0.262 e. The van der Waals surface area contributed by atoms with Crippen LogP contribution in [0.3, 0.4) is 0 Å². The summed E-state index contributed by atoms with van der Waals surface area (Å²) < 4.78 is 5.50. The van der Waals surface area contributed by atoms with E-state index < -0.39 is 0 Å². The van der Waals surface area contributed by atoms with Crippen LogP contribution in [0.1, 0.15) is 38.2 Å². The Morgan fingerprint density at radius 3 is 2.73 bits per heavy atom. The topological polar surface area (TPSA) is 54.5 Å². The van der Waals surface area contributed by atoms with Crippen molar-refractivity contribution in [1.82, 2.24) is 4.98 Å². The monoisotopic (exact) mass is 353 g/mol. The van der Waals surface area contributed by atoms with Gasteiger partial charge in [0.25, 0.3) is 5.91 Å². The number of hydrogen-bond donors (Lipinski definition) is 1. The molecule has 5 heteroatoms. The summed E-state index contributed by atoms with van der Waals surface area (Å²) in [7, 11) is 0. The van der Waals surface area contributed by atoms with Crippen LogP contribution in [0.4, 0.5) is 11.5 Å². The van der Waals surface area contributed by atoms with Gasteiger partial charge in [-0.05, 0) is 56.9 Å². The van der Waals surface area contributed by atoms with E-state index in [1.807, 2.05) is 43.3 Å². The molecule has 1 atom stereocenters. The number of anilines is 2. The molecule has 1 amide bonds. The molecule has 1 aliphatic rings. The number of benzene rings is 1. The quantitative estimate of drug-likeness (QED) is 0.846. The van der Waals surface area contributed by atoms with Crippen molar-refractivity contribution in [3.8, 4) is 5.75 Å². The van der Waals surface area contributed by atoms with Gasteiger partial charge in [0.1, 0.15) is 11.6 Å². The van der Waals surface area contributed by atoms with Gasteiger partial charge in [-0.25, -0.2) is 4.98 Å². The molecular formula is C21H27N3O2. The Balaban J connectivity index is 1.53. The van der Waals surface area contributed by atoms with Gasteiger partial charge in [0.05, 0.1) is 11.9 Å². The van der Waals surface area contributed by atoms with Crippen LogP contribution in [0.15, 0.2) is 42.6 Å². The van der Waals surface area contributed by atoms with E-state index in [0.717, 1.165) is 24.3 Å². The highest BCUT2D eigenvalue weighted by Gasteiger charge is 2.21. The fourth-order valence-electron chi connectivity index (χ4n) is 3.34. The maximum atomic E-state index is 12.1. The number of hydrogen-bond acceptors (Lipinski definition) is 4. The van der Waals surface area contributed by atoms with E-state index in [1.165, 1.54) is 19.3 Å². The van der Waals surface area contributed by atoms with Crippen molar-refractivity contribution < 1.29 is 9.53 Å². The minimum Gasteiger partial charge on any atom is -0.484 e. The summed E-state index contributed by atoms with van der Waals surface area (Å²) in [6.45, 7) is 5.28. The van der Waals surface area contributed by atoms with Crippen molar-refractivity contribution in [3.05, 3.63) is 48.2 Å². The number of carbonyl (C=O) groups excluding carboxylic acids is 1. The van der Waals surface area contributed by atoms with Gasteiger partial charge < -0.3 is 15.0 Å². The summed E-state index contributed by atoms with van der Waals surface area (Å²) in [5.74, 6) is 1.49. The average molecular weight is 353 g/mol. The fourth-order valence-corrected chi connectivity index (χ4v) is 3.34. The van der Waals surface area contributed by atoms with Crippen molar-refractivity contribution in [1.29, 1.82) is 0 Å². The molecule has 0 bridgehead atoms. The summed E-state index contributed by atoms with van der Waals surface area (Å²) in [5.41, 5.74) is 1.85. The van der Waals surface area contributed by atoms with Crippen LogP contribution < -0.4 is 15.0 Å². The van der Waals surface area contributed by atoms with Crippen LogP contribution in [-0.4, -0.2) is 30.1 Å². The normalized spacial score (nSPS) is 17.0. The number of aromatic nitrogens is 1. The van der Waals surface area contributed by atoms with E-state index in [9.17, 15) is 4.79 Å². The van der Waals surface area contributed by atoms with E-state index >= 15 is 0 Å². The number of piperidine rings is 1. The summed E-state index contributed by atoms with van der Waals surface area (Å²) >= 11 is 0. The van der Waals surface area contributed by atoms with Crippen LogP contribution in [0.5, 0.6) is 5.75 Å². The first-order chi connectivity index (χ1) is 12.7. The molecule has 1 aromatic carbocycles. The van der Waals surface area contributed by atoms with Crippen LogP contribution in [0.2, 0.25) is 0 Å². The largest absolute Gasteiger partial charge is 0.484 e. The molecule has 3 rings (SSSR count). The van der Waals surface area contributed by atoms with Gasteiger partial charge in [0.2, 0.25) is 0 Å². The Hall–Kier alpha value is -2.56. The number of carbonyl (C=O) groups is 1. The van der Waals surface area contributed by atoms with E-state index in [4.69, 9.17) is 4.74 Å². The van der Waals surface area contributed by atoms with E-state index in [1.54, 1.807) is 6.20 Å². The second kappa shape index (κ2) is 8.70. The Labute approximate surface area is 155 Å². The zero-order valence-corrected chi connectivity index (χ0v) is 15.6. The van der Waals surface area contributed by atoms with E-state index in [2.05, 4.69) is 22.1 Å². The average Bonchev–Trinajstić information content (AvgIpc) is 2.68. The lowest BCUT2D eigenvalue weighted by atomic mass is 10.00. The molecule has 0 saturated carbocycles. The maximum Gasteiger partial charge on any atom is 0.262 e. The zero-order chi connectivity index (χ0) is 18.4. The predicted octanol–water partition coefficient (Wildman–Crippen LogP) is 4.18. The molecule has 1 aliphatic heterocycles. The van der Waals surface area contributed by atoms with Crippen molar-refractivity contribution in [2.75, 3.05) is 23.4 Å². The van der Waals surface area contributed by atoms with Gasteiger partial charge in [-0.3, -0.25) is 4.79 Å². The second-order valence-electron chi connectivity index (χ2n) is 6.81. The van der Waals surface area contributed by atoms with Crippen molar-refractivity contribution in [3.63, 3.8) is 0 Å². The SMILES string of the molecule is CCC1CCCCN1c1ccc(NC(=O)COc2ccc(C)cc2)cn1. The molecule has 1 aromatic heterocycles. The minimum absolute atomic E-state index is 0.0190. The summed E-state index contributed by atoms with van der Waals surface area (Å²) in [6, 6.07) is 12.1. The molecule has 2 heterocycles. The molecular weight excluding hydrogens is 326 g/mol. The Kier molecular flexibility index (Phi) is 6.10. The van der Waals surface area contributed by atoms with E-state index in [-0.39, 0.29) is 12.5 Å². The van der Waals surface area contributed by atoms with Crippen LogP contribution >= 0.6 is 0 Å². The number of nitrogens with zero attached hydrogens (tertiary/aromatic N) is 2. The number of ether oxygens (including phenoxy) is 1. The van der Waals surface area contributed by atoms with Gasteiger partial charge in [0.15, 0.2) is 6.61 Å². The molecule has 0 spiro atoms. The third kappa shape index (κ3) is 4.75. The number of amides is 1. The fraction of sp³-hybridized carbons (Fsp3) is 0.429. The summed E-state index contributed by atoms with van der Waals surface area (Å²) in [6.07, 6.45) is 6.60. The first kappa shape index (κ1) is 18.2. The highest BCUT2D eigenvalue weighted by atomic mass is 16.5. The predicted molar refractivity (Wildman–Crippen MR) is 105 cm³/mol. The van der Waals surface area contributed by atoms with Crippen LogP contribution in [0.25, 0.3) is 0 Å². The number of rotatable bonds is 6. The molecule has 1 N–H and O–H groups in total. The zero-order valence-electron chi connectivity index (χ0n) is 15.6. The number of nitrogens with one attached hydrogen (secondary N) is 1. The summed E-state index contributed by atoms with van der Waals surface area (Å²) in [4.78, 5) is 19.0. The Morgan fingerprint density at radius 2 is 2.04 bits per heavy atom. The van der Waals surface area contributed by atoms with Gasteiger partial charge in [-0.15, -0.1) is 0 Å². The second-order valence-corrected chi connectivity index (χ2v) is 6.81. The van der Waals surface area contributed by atoms with Crippen molar-refractivity contribution in [2.45, 2.75) is 45.6 Å². The lowest BCUT2D eigenvalue weighted by Crippen LogP contribution is -2.39. The van der Waals surface area contributed by atoms with Crippen LogP contribution in [0, 0.1) is 6.92 Å². The van der Waals surface area contributed by atoms with Gasteiger partial charge in [0, 0.05) is 12.6 Å². The summed E-state index contributed by atoms with van der Waals surface area (Å²) in [5, 5.41) is 2.83. The van der Waals surface area contributed by atoms with E-state index in [0.29, 0.717) is 17.5 Å². The molecule has 1 saturated heterocycles. The highest BCUT2D eigenvalue weighted by molar-refractivity contribution is 5.91. The lowest BCUT2D eigenvalue weighted by Gasteiger charge is -2.36. The highest BCUT2D eigenvalue weighted by Crippen LogP contribution is 2.25. The molecule has 0 aliphatic carbocycles. The maximum absolute atomic E-state index is 12.1. The van der Waals surface area contributed by atoms with Gasteiger partial charge >= 0.3 is 0 Å². The third-order valence-electron chi connectivity index (χ3n) is 4.82. The Bertz CT molecular complexity index is 713. The Morgan fingerprint density at radius 1 is 1.23 bits per heavy atom. The lowest BCUT2D eigenvalue weighted by molar-refractivity contribution is -0.118. The molecule has 26 heavy (non-hydrogen) atoms. The molecule has 5 nitrogen and oxygen atoms in total. The van der Waals surface area contributed by atoms with Crippen molar-refractivity contribution >= 4 is 17.4 Å². The minimum atomic E-state index is -0.190. The molecule has 1 unspecified atom stereocenters. The van der Waals surface area contributed by atoms with Gasteiger partial charge in [-0.1, -0.05) is 24.6 Å². The molecule has 138 valence electrons. The third-order valence-corrected chi connectivity index (χ3v) is 4.82. The first-order valence-corrected chi connectivity index (χ1v) is 9.37. The number of pyridine rings is 1. The number of aryl methyl sites for hydroxylation is 1. The van der Waals surface area contributed by atoms with Gasteiger partial charge in [-0.2, -0.15) is 0 Å². The molecule has 1 fully saturated rings. The molecule has 2 aromatic rings. The molecule has 0 radical (unpaired) electrons. The van der Waals surface area contributed by atoms with Crippen LogP contribution in [-0.2, 0) is 4.79 Å². The van der Waals surface area contributed by atoms with Crippen molar-refractivity contribution in [2.24, 2.45) is 0 Å². The first-order valence-electron chi connectivity index (χ1n) is 9.37.